The van der Waals surface area contributed by atoms with Crippen molar-refractivity contribution in [2.24, 2.45) is 0 Å². The molecule has 0 atom stereocenters. The largest absolute Gasteiger partial charge is 0.370 e. The molecule has 2 heterocycles. The fourth-order valence-corrected chi connectivity index (χ4v) is 3.47. The van der Waals surface area contributed by atoms with E-state index in [0.717, 1.165) is 56.5 Å². The Morgan fingerprint density at radius 1 is 0.862 bits per heavy atom. The van der Waals surface area contributed by atoms with E-state index >= 15 is 0 Å². The summed E-state index contributed by atoms with van der Waals surface area (Å²) in [4.78, 5) is 13.5. The van der Waals surface area contributed by atoms with Crippen LogP contribution in [0.15, 0.2) is 67.0 Å². The van der Waals surface area contributed by atoms with E-state index in [0.29, 0.717) is 0 Å². The number of nitrogens with zero attached hydrogens (tertiary/aromatic N) is 4. The summed E-state index contributed by atoms with van der Waals surface area (Å²) in [5.74, 6) is 1.61. The van der Waals surface area contributed by atoms with Crippen LogP contribution in [-0.4, -0.2) is 54.6 Å². The minimum atomic E-state index is 0.787. The number of nitrogens with one attached hydrogen (secondary N) is 2. The van der Waals surface area contributed by atoms with Crippen molar-refractivity contribution in [2.45, 2.75) is 6.42 Å². The fraction of sp³-hybridized carbons (Fsp3) is 0.304. The Bertz CT molecular complexity index is 889. The predicted molar refractivity (Wildman–Crippen MR) is 120 cm³/mol. The van der Waals surface area contributed by atoms with Gasteiger partial charge in [0, 0.05) is 50.2 Å². The number of rotatable bonds is 7. The highest BCUT2D eigenvalue weighted by atomic mass is 15.2. The molecule has 0 unspecified atom stereocenters. The first-order valence-electron chi connectivity index (χ1n) is 10.2. The summed E-state index contributed by atoms with van der Waals surface area (Å²) in [6.07, 6.45) is 2.55. The van der Waals surface area contributed by atoms with Gasteiger partial charge in [-0.1, -0.05) is 30.3 Å². The number of hydrogen-bond acceptors (Lipinski definition) is 6. The molecule has 1 aromatic heterocycles. The van der Waals surface area contributed by atoms with Gasteiger partial charge in [-0.25, -0.2) is 9.97 Å². The normalized spacial score (nSPS) is 14.6. The van der Waals surface area contributed by atoms with E-state index in [1.807, 2.05) is 12.1 Å². The van der Waals surface area contributed by atoms with Crippen molar-refractivity contribution in [3.8, 4) is 0 Å². The lowest BCUT2D eigenvalue weighted by Crippen LogP contribution is -2.44. The van der Waals surface area contributed by atoms with Gasteiger partial charge in [0.05, 0.1) is 0 Å². The molecule has 0 spiro atoms. The molecule has 150 valence electrons. The van der Waals surface area contributed by atoms with E-state index in [9.17, 15) is 0 Å². The third kappa shape index (κ3) is 5.45. The lowest BCUT2D eigenvalue weighted by molar-refractivity contribution is 0.313. The van der Waals surface area contributed by atoms with Gasteiger partial charge < -0.3 is 20.4 Å². The molecule has 6 heteroatoms. The third-order valence-corrected chi connectivity index (χ3v) is 5.24. The molecule has 1 aliphatic heterocycles. The zero-order valence-electron chi connectivity index (χ0n) is 16.9. The van der Waals surface area contributed by atoms with Gasteiger partial charge in [-0.15, -0.1) is 0 Å². The monoisotopic (exact) mass is 388 g/mol. The smallest absolute Gasteiger partial charge is 0.135 e. The maximum absolute atomic E-state index is 4.34. The maximum Gasteiger partial charge on any atom is 0.135 e. The average molecular weight is 389 g/mol. The van der Waals surface area contributed by atoms with E-state index < -0.39 is 0 Å². The third-order valence-electron chi connectivity index (χ3n) is 5.24. The van der Waals surface area contributed by atoms with Crippen LogP contribution in [0.25, 0.3) is 0 Å². The van der Waals surface area contributed by atoms with Crippen LogP contribution in [0.1, 0.15) is 5.56 Å². The Balaban J connectivity index is 1.31. The van der Waals surface area contributed by atoms with Crippen LogP contribution in [0.4, 0.5) is 23.0 Å². The lowest BCUT2D eigenvalue weighted by Gasteiger charge is -2.34. The number of aromatic nitrogens is 2. The summed E-state index contributed by atoms with van der Waals surface area (Å²) in [6.45, 7) is 5.21. The Labute approximate surface area is 172 Å². The van der Waals surface area contributed by atoms with Crippen LogP contribution >= 0.6 is 0 Å². The second-order valence-electron chi connectivity index (χ2n) is 7.41. The van der Waals surface area contributed by atoms with E-state index in [2.05, 4.69) is 86.0 Å². The first-order chi connectivity index (χ1) is 14.3. The second kappa shape index (κ2) is 9.39. The summed E-state index contributed by atoms with van der Waals surface area (Å²) in [5.41, 5.74) is 3.61. The molecule has 29 heavy (non-hydrogen) atoms. The Hall–Kier alpha value is -3.12. The molecule has 2 aromatic carbocycles. The number of likely N-dealkylation sites (N-methyl/N-ethyl adjacent to an activating group) is 1. The Morgan fingerprint density at radius 3 is 2.34 bits per heavy atom. The topological polar surface area (TPSA) is 56.3 Å². The van der Waals surface area contributed by atoms with Gasteiger partial charge in [-0.2, -0.15) is 0 Å². The van der Waals surface area contributed by atoms with Crippen molar-refractivity contribution in [1.29, 1.82) is 0 Å². The highest BCUT2D eigenvalue weighted by Crippen LogP contribution is 2.22. The molecule has 2 N–H and O–H groups in total. The molecule has 4 rings (SSSR count). The molecule has 1 saturated heterocycles. The number of hydrogen-bond donors (Lipinski definition) is 2. The highest BCUT2D eigenvalue weighted by molar-refractivity contribution is 5.62. The summed E-state index contributed by atoms with van der Waals surface area (Å²) in [7, 11) is 2.18. The minimum Gasteiger partial charge on any atom is -0.370 e. The highest BCUT2D eigenvalue weighted by Gasteiger charge is 2.13. The molecule has 0 amide bonds. The lowest BCUT2D eigenvalue weighted by atomic mass is 10.1. The van der Waals surface area contributed by atoms with Gasteiger partial charge in [0.1, 0.15) is 18.0 Å². The molecule has 1 fully saturated rings. The second-order valence-corrected chi connectivity index (χ2v) is 7.41. The number of piperazine rings is 1. The molecule has 3 aromatic rings. The van der Waals surface area contributed by atoms with Crippen molar-refractivity contribution in [2.75, 3.05) is 55.3 Å². The van der Waals surface area contributed by atoms with Gasteiger partial charge >= 0.3 is 0 Å². The zero-order chi connectivity index (χ0) is 19.9. The van der Waals surface area contributed by atoms with Crippen LogP contribution in [0.5, 0.6) is 0 Å². The predicted octanol–water partition coefficient (Wildman–Crippen LogP) is 3.63. The molecule has 0 radical (unpaired) electrons. The van der Waals surface area contributed by atoms with Crippen LogP contribution in [0, 0.1) is 0 Å². The van der Waals surface area contributed by atoms with Crippen LogP contribution in [0.3, 0.4) is 0 Å². The number of anilines is 4. The van der Waals surface area contributed by atoms with Crippen LogP contribution < -0.4 is 15.5 Å². The van der Waals surface area contributed by atoms with Gasteiger partial charge in [-0.05, 0) is 43.3 Å². The molecule has 0 saturated carbocycles. The summed E-state index contributed by atoms with van der Waals surface area (Å²) in [6, 6.07) is 21.0. The summed E-state index contributed by atoms with van der Waals surface area (Å²) >= 11 is 0. The minimum absolute atomic E-state index is 0.787. The zero-order valence-corrected chi connectivity index (χ0v) is 16.9. The van der Waals surface area contributed by atoms with E-state index in [1.165, 1.54) is 11.3 Å². The molecule has 0 bridgehead atoms. The molecule has 0 aliphatic carbocycles. The van der Waals surface area contributed by atoms with E-state index in [4.69, 9.17) is 0 Å². The first kappa shape index (κ1) is 19.2. The van der Waals surface area contributed by atoms with Gasteiger partial charge in [0.25, 0.3) is 0 Å². The Morgan fingerprint density at radius 2 is 1.59 bits per heavy atom. The van der Waals surface area contributed by atoms with Crippen molar-refractivity contribution >= 4 is 23.0 Å². The summed E-state index contributed by atoms with van der Waals surface area (Å²) < 4.78 is 0. The molecule has 1 aliphatic rings. The Kier molecular flexibility index (Phi) is 6.22. The van der Waals surface area contributed by atoms with Crippen LogP contribution in [0.2, 0.25) is 0 Å². The van der Waals surface area contributed by atoms with Gasteiger partial charge in [0.2, 0.25) is 0 Å². The molecular weight excluding hydrogens is 360 g/mol. The van der Waals surface area contributed by atoms with Crippen LogP contribution in [-0.2, 0) is 6.42 Å². The maximum atomic E-state index is 4.34. The summed E-state index contributed by atoms with van der Waals surface area (Å²) in [5, 5.41) is 6.74. The standard InChI is InChI=1S/C23H28N6/c1-28-13-15-29(16-14-28)21-9-7-20(8-10-21)27-23-17-22(25-18-26-23)24-12-11-19-5-3-2-4-6-19/h2-10,17-18H,11-16H2,1H3,(H2,24,25,26,27). The number of benzene rings is 2. The van der Waals surface area contributed by atoms with Gasteiger partial charge in [0.15, 0.2) is 0 Å². The molecule has 6 nitrogen and oxygen atoms in total. The van der Waals surface area contributed by atoms with E-state index in [1.54, 1.807) is 6.33 Å². The van der Waals surface area contributed by atoms with E-state index in [-0.39, 0.29) is 0 Å². The average Bonchev–Trinajstić information content (AvgIpc) is 2.76. The van der Waals surface area contributed by atoms with Crippen molar-refractivity contribution in [3.63, 3.8) is 0 Å². The quantitative estimate of drug-likeness (QED) is 0.645. The van der Waals surface area contributed by atoms with Crippen molar-refractivity contribution in [3.05, 3.63) is 72.6 Å². The first-order valence-corrected chi connectivity index (χ1v) is 10.2. The SMILES string of the molecule is CN1CCN(c2ccc(Nc3cc(NCCc4ccccc4)ncn3)cc2)CC1. The van der Waals surface area contributed by atoms with Crippen molar-refractivity contribution in [1.82, 2.24) is 14.9 Å². The van der Waals surface area contributed by atoms with Crippen molar-refractivity contribution < 1.29 is 0 Å². The fourth-order valence-electron chi connectivity index (χ4n) is 3.47. The van der Waals surface area contributed by atoms with Gasteiger partial charge in [-0.3, -0.25) is 0 Å². The molecular formula is C23H28N6.